The van der Waals surface area contributed by atoms with Gasteiger partial charge < -0.3 is 10.2 Å². The minimum atomic E-state index is -1.12. The maximum absolute atomic E-state index is 11.2. The highest BCUT2D eigenvalue weighted by molar-refractivity contribution is 5.33. The van der Waals surface area contributed by atoms with E-state index in [9.17, 15) is 10.2 Å². The molecule has 0 radical (unpaired) electrons. The summed E-state index contributed by atoms with van der Waals surface area (Å²) in [4.78, 5) is 0. The first kappa shape index (κ1) is 20.2. The van der Waals surface area contributed by atoms with E-state index in [-0.39, 0.29) is 0 Å². The molecule has 0 aromatic heterocycles. The van der Waals surface area contributed by atoms with Crippen LogP contribution < -0.4 is 0 Å². The van der Waals surface area contributed by atoms with Gasteiger partial charge in [0.1, 0.15) is 11.2 Å². The minimum absolute atomic E-state index is 0.696. The van der Waals surface area contributed by atoms with Gasteiger partial charge in [-0.05, 0) is 52.7 Å². The van der Waals surface area contributed by atoms with Crippen molar-refractivity contribution in [2.45, 2.75) is 52.7 Å². The van der Waals surface area contributed by atoms with Crippen molar-refractivity contribution in [3.63, 3.8) is 0 Å². The molecular formula is C24H30O2. The van der Waals surface area contributed by atoms with E-state index in [2.05, 4.69) is 11.8 Å². The van der Waals surface area contributed by atoms with Gasteiger partial charge in [-0.15, -0.1) is 0 Å². The van der Waals surface area contributed by atoms with E-state index < -0.39 is 22.0 Å². The standard InChI is InChI=1S/C24H30O2/c1-21(2,23(5,25)19-13-9-7-10-14-19)17-18-22(3,4)24(6,26)20-15-11-8-12-16-20/h7-16,25-26H,1-6H3. The monoisotopic (exact) mass is 350 g/mol. The van der Waals surface area contributed by atoms with Gasteiger partial charge >= 0.3 is 0 Å². The van der Waals surface area contributed by atoms with E-state index in [1.807, 2.05) is 88.4 Å². The first-order chi connectivity index (χ1) is 11.9. The maximum atomic E-state index is 11.2. The fourth-order valence-corrected chi connectivity index (χ4v) is 2.80. The Hall–Kier alpha value is -2.08. The predicted molar refractivity (Wildman–Crippen MR) is 107 cm³/mol. The second-order valence-corrected chi connectivity index (χ2v) is 8.38. The van der Waals surface area contributed by atoms with E-state index in [1.165, 1.54) is 0 Å². The van der Waals surface area contributed by atoms with Crippen LogP contribution in [0.3, 0.4) is 0 Å². The molecule has 2 nitrogen and oxygen atoms in total. The van der Waals surface area contributed by atoms with E-state index in [0.717, 1.165) is 11.1 Å². The second kappa shape index (κ2) is 6.91. The van der Waals surface area contributed by atoms with Crippen molar-refractivity contribution in [1.82, 2.24) is 0 Å². The van der Waals surface area contributed by atoms with Gasteiger partial charge in [-0.2, -0.15) is 0 Å². The van der Waals surface area contributed by atoms with Crippen molar-refractivity contribution in [1.29, 1.82) is 0 Å². The van der Waals surface area contributed by atoms with Gasteiger partial charge in [0.2, 0.25) is 0 Å². The molecule has 2 atom stereocenters. The van der Waals surface area contributed by atoms with Crippen molar-refractivity contribution in [2.24, 2.45) is 10.8 Å². The van der Waals surface area contributed by atoms with Crippen LogP contribution in [0.2, 0.25) is 0 Å². The fourth-order valence-electron chi connectivity index (χ4n) is 2.80. The van der Waals surface area contributed by atoms with Gasteiger partial charge in [0, 0.05) is 0 Å². The molecule has 26 heavy (non-hydrogen) atoms. The third-order valence-corrected chi connectivity index (χ3v) is 5.79. The Morgan fingerprint density at radius 1 is 0.538 bits per heavy atom. The van der Waals surface area contributed by atoms with Gasteiger partial charge in [0.05, 0.1) is 10.8 Å². The van der Waals surface area contributed by atoms with Crippen molar-refractivity contribution in [2.75, 3.05) is 0 Å². The molecule has 2 N–H and O–H groups in total. The highest BCUT2D eigenvalue weighted by Gasteiger charge is 2.42. The number of aliphatic hydroxyl groups is 2. The quantitative estimate of drug-likeness (QED) is 0.773. The molecule has 0 amide bonds. The molecule has 138 valence electrons. The molecule has 2 heteroatoms. The summed E-state index contributed by atoms with van der Waals surface area (Å²) in [6.07, 6.45) is 0. The molecule has 2 aromatic rings. The normalized spacial score (nSPS) is 16.8. The molecule has 2 unspecified atom stereocenters. The molecule has 0 aliphatic carbocycles. The zero-order chi connectivity index (χ0) is 19.6. The highest BCUT2D eigenvalue weighted by atomic mass is 16.3. The third-order valence-electron chi connectivity index (χ3n) is 5.79. The summed E-state index contributed by atoms with van der Waals surface area (Å²) in [5.41, 5.74) is -1.97. The second-order valence-electron chi connectivity index (χ2n) is 8.38. The molecule has 0 fully saturated rings. The van der Waals surface area contributed by atoms with Crippen molar-refractivity contribution in [3.8, 4) is 11.8 Å². The lowest BCUT2D eigenvalue weighted by Gasteiger charge is -2.39. The molecule has 0 saturated carbocycles. The zero-order valence-electron chi connectivity index (χ0n) is 16.7. The van der Waals surface area contributed by atoms with Crippen LogP contribution in [-0.2, 0) is 11.2 Å². The summed E-state index contributed by atoms with van der Waals surface area (Å²) < 4.78 is 0. The lowest BCUT2D eigenvalue weighted by atomic mass is 9.69. The summed E-state index contributed by atoms with van der Waals surface area (Å²) >= 11 is 0. The average molecular weight is 351 g/mol. The Morgan fingerprint density at radius 2 is 0.808 bits per heavy atom. The summed E-state index contributed by atoms with van der Waals surface area (Å²) in [7, 11) is 0. The average Bonchev–Trinajstić information content (AvgIpc) is 2.61. The summed E-state index contributed by atoms with van der Waals surface area (Å²) in [5.74, 6) is 6.51. The SMILES string of the molecule is CC(C)(C#CC(C)(C)C(C)(O)c1ccccc1)C(C)(O)c1ccccc1. The van der Waals surface area contributed by atoms with Gasteiger partial charge in [-0.1, -0.05) is 72.5 Å². The Kier molecular flexibility index (Phi) is 5.38. The van der Waals surface area contributed by atoms with Gasteiger partial charge in [-0.25, -0.2) is 0 Å². The Bertz CT molecular complexity index is 721. The number of benzene rings is 2. The molecule has 0 spiro atoms. The van der Waals surface area contributed by atoms with E-state index >= 15 is 0 Å². The first-order valence-corrected chi connectivity index (χ1v) is 9.02. The molecule has 0 heterocycles. The van der Waals surface area contributed by atoms with Gasteiger partial charge in [-0.3, -0.25) is 0 Å². The van der Waals surface area contributed by atoms with Crippen LogP contribution in [0.4, 0.5) is 0 Å². The lowest BCUT2D eigenvalue weighted by Crippen LogP contribution is -2.40. The third kappa shape index (κ3) is 3.70. The Labute approximate surface area is 157 Å². The van der Waals surface area contributed by atoms with Crippen LogP contribution in [0.1, 0.15) is 52.7 Å². The molecule has 2 aromatic carbocycles. The van der Waals surface area contributed by atoms with Crippen LogP contribution in [0.15, 0.2) is 60.7 Å². The van der Waals surface area contributed by atoms with Crippen LogP contribution in [-0.4, -0.2) is 10.2 Å². The van der Waals surface area contributed by atoms with E-state index in [1.54, 1.807) is 13.8 Å². The first-order valence-electron chi connectivity index (χ1n) is 9.02. The molecule has 0 aliphatic heterocycles. The zero-order valence-corrected chi connectivity index (χ0v) is 16.7. The summed E-state index contributed by atoms with van der Waals surface area (Å²) in [6.45, 7) is 11.3. The van der Waals surface area contributed by atoms with E-state index in [0.29, 0.717) is 0 Å². The van der Waals surface area contributed by atoms with Crippen molar-refractivity contribution in [3.05, 3.63) is 71.8 Å². The van der Waals surface area contributed by atoms with Crippen LogP contribution >= 0.6 is 0 Å². The topological polar surface area (TPSA) is 40.5 Å². The number of rotatable bonds is 4. The van der Waals surface area contributed by atoms with E-state index in [4.69, 9.17) is 0 Å². The molecule has 0 bridgehead atoms. The molecular weight excluding hydrogens is 320 g/mol. The van der Waals surface area contributed by atoms with Crippen LogP contribution in [0.25, 0.3) is 0 Å². The predicted octanol–water partition coefficient (Wildman–Crippen LogP) is 4.86. The smallest absolute Gasteiger partial charge is 0.103 e. The molecule has 0 aliphatic rings. The Morgan fingerprint density at radius 3 is 1.08 bits per heavy atom. The Balaban J connectivity index is 2.39. The number of hydrogen-bond donors (Lipinski definition) is 2. The summed E-state index contributed by atoms with van der Waals surface area (Å²) in [6, 6.07) is 19.2. The maximum Gasteiger partial charge on any atom is 0.103 e. The fraction of sp³-hybridized carbons (Fsp3) is 0.417. The van der Waals surface area contributed by atoms with Crippen LogP contribution in [0, 0.1) is 22.7 Å². The number of hydrogen-bond acceptors (Lipinski definition) is 2. The minimum Gasteiger partial charge on any atom is -0.384 e. The van der Waals surface area contributed by atoms with Gasteiger partial charge in [0.15, 0.2) is 0 Å². The van der Waals surface area contributed by atoms with Crippen molar-refractivity contribution >= 4 is 0 Å². The summed E-state index contributed by atoms with van der Waals surface area (Å²) in [5, 5.41) is 22.3. The largest absolute Gasteiger partial charge is 0.384 e. The van der Waals surface area contributed by atoms with Gasteiger partial charge in [0.25, 0.3) is 0 Å². The molecule has 2 rings (SSSR count). The lowest BCUT2D eigenvalue weighted by molar-refractivity contribution is -0.0316. The van der Waals surface area contributed by atoms with Crippen LogP contribution in [0.5, 0.6) is 0 Å². The highest BCUT2D eigenvalue weighted by Crippen LogP contribution is 2.42. The van der Waals surface area contributed by atoms with Crippen molar-refractivity contribution < 1.29 is 10.2 Å². The molecule has 0 saturated heterocycles.